The summed E-state index contributed by atoms with van der Waals surface area (Å²) in [7, 11) is 1.55. The number of rotatable bonds is 10. The Kier molecular flexibility index (Phi) is 8.47. The van der Waals surface area contributed by atoms with Gasteiger partial charge >= 0.3 is 11.8 Å². The van der Waals surface area contributed by atoms with Crippen molar-refractivity contribution in [1.29, 1.82) is 0 Å². The van der Waals surface area contributed by atoms with Gasteiger partial charge in [-0.2, -0.15) is 22.5 Å². The second kappa shape index (κ2) is 11.7. The highest BCUT2D eigenvalue weighted by atomic mass is 19.3. The molecular weight excluding hydrogens is 528 g/mol. The number of likely N-dealkylation sites (tertiary alicyclic amines) is 2. The SMILES string of the molecule is COc1cc2c(NC3CCN(C(C)C)CC3)nc(N3CC(F)(F)C(F)(F)C3)nc2cc1OCCCN1CCCC1. The number of halogens is 4. The maximum Gasteiger partial charge on any atom is 0.329 e. The van der Waals surface area contributed by atoms with Crippen LogP contribution < -0.4 is 19.7 Å². The van der Waals surface area contributed by atoms with Gasteiger partial charge in [0, 0.05) is 43.2 Å². The molecule has 3 fully saturated rings. The number of benzene rings is 1. The minimum Gasteiger partial charge on any atom is -0.493 e. The van der Waals surface area contributed by atoms with Crippen molar-refractivity contribution in [2.45, 2.75) is 69.9 Å². The van der Waals surface area contributed by atoms with Crippen LogP contribution in [0.25, 0.3) is 10.9 Å². The number of hydrogen-bond donors (Lipinski definition) is 1. The van der Waals surface area contributed by atoms with Crippen LogP contribution in [-0.2, 0) is 0 Å². The summed E-state index contributed by atoms with van der Waals surface area (Å²) in [5.41, 5.74) is 0.418. The van der Waals surface area contributed by atoms with Crippen molar-refractivity contribution in [2.24, 2.45) is 0 Å². The van der Waals surface area contributed by atoms with Gasteiger partial charge in [0.2, 0.25) is 5.95 Å². The van der Waals surface area contributed by atoms with Crippen LogP contribution in [-0.4, -0.2) is 103 Å². The van der Waals surface area contributed by atoms with E-state index in [4.69, 9.17) is 9.47 Å². The van der Waals surface area contributed by atoms with E-state index in [2.05, 4.69) is 38.9 Å². The van der Waals surface area contributed by atoms with Gasteiger partial charge in [0.15, 0.2) is 11.5 Å². The van der Waals surface area contributed by atoms with E-state index in [1.54, 1.807) is 19.2 Å². The quantitative estimate of drug-likeness (QED) is 0.322. The first-order chi connectivity index (χ1) is 19.1. The summed E-state index contributed by atoms with van der Waals surface area (Å²) in [6, 6.07) is 4.00. The minimum atomic E-state index is -4.16. The third-order valence-electron chi connectivity index (χ3n) is 8.24. The number of methoxy groups -OCH3 is 1. The standard InChI is InChI=1S/C28H40F4N6O2/c1-19(2)37-12-7-20(8-13-37)33-25-21-15-23(39-3)24(40-14-6-11-36-9-4-5-10-36)16-22(21)34-26(35-25)38-17-27(29,30)28(31,32)18-38/h15-16,19-20H,4-14,17-18H2,1-3H3,(H,33,34,35). The molecule has 1 N–H and O–H groups in total. The number of fused-ring (bicyclic) bond motifs is 1. The molecule has 0 amide bonds. The van der Waals surface area contributed by atoms with Gasteiger partial charge in [-0.3, -0.25) is 0 Å². The highest BCUT2D eigenvalue weighted by Crippen LogP contribution is 2.43. The molecule has 222 valence electrons. The molecule has 3 aliphatic heterocycles. The van der Waals surface area contributed by atoms with Gasteiger partial charge < -0.3 is 29.5 Å². The molecule has 1 aromatic heterocycles. The summed E-state index contributed by atoms with van der Waals surface area (Å²) in [5, 5.41) is 4.08. The van der Waals surface area contributed by atoms with Gasteiger partial charge in [-0.1, -0.05) is 0 Å². The van der Waals surface area contributed by atoms with Gasteiger partial charge in [0.05, 0.1) is 32.3 Å². The predicted molar refractivity (Wildman–Crippen MR) is 147 cm³/mol. The first kappa shape index (κ1) is 28.9. The van der Waals surface area contributed by atoms with E-state index < -0.39 is 24.9 Å². The van der Waals surface area contributed by atoms with E-state index in [-0.39, 0.29) is 12.0 Å². The van der Waals surface area contributed by atoms with Crippen molar-refractivity contribution < 1.29 is 27.0 Å². The molecule has 1 aromatic carbocycles. The molecule has 3 saturated heterocycles. The number of nitrogens with zero attached hydrogens (tertiary/aromatic N) is 5. The fourth-order valence-electron chi connectivity index (χ4n) is 5.79. The first-order valence-corrected chi connectivity index (χ1v) is 14.3. The van der Waals surface area contributed by atoms with E-state index in [1.165, 1.54) is 12.8 Å². The van der Waals surface area contributed by atoms with Crippen LogP contribution in [0.4, 0.5) is 29.3 Å². The molecule has 12 heteroatoms. The topological polar surface area (TPSA) is 66.0 Å². The van der Waals surface area contributed by atoms with Crippen molar-refractivity contribution in [1.82, 2.24) is 19.8 Å². The highest BCUT2D eigenvalue weighted by molar-refractivity contribution is 5.93. The highest BCUT2D eigenvalue weighted by Gasteiger charge is 2.63. The Morgan fingerprint density at radius 2 is 1.65 bits per heavy atom. The summed E-state index contributed by atoms with van der Waals surface area (Å²) >= 11 is 0. The lowest BCUT2D eigenvalue weighted by Crippen LogP contribution is -2.42. The third-order valence-corrected chi connectivity index (χ3v) is 8.24. The molecule has 2 aromatic rings. The maximum atomic E-state index is 14.1. The largest absolute Gasteiger partial charge is 0.493 e. The molecular formula is C28H40F4N6O2. The fraction of sp³-hybridized carbons (Fsp3) is 0.714. The van der Waals surface area contributed by atoms with Crippen LogP contribution in [0.3, 0.4) is 0 Å². The smallest absolute Gasteiger partial charge is 0.329 e. The van der Waals surface area contributed by atoms with Crippen LogP contribution in [0, 0.1) is 0 Å². The van der Waals surface area contributed by atoms with E-state index in [1.807, 2.05) is 0 Å². The molecule has 4 heterocycles. The molecule has 0 aliphatic carbocycles. The van der Waals surface area contributed by atoms with Crippen LogP contribution in [0.15, 0.2) is 12.1 Å². The van der Waals surface area contributed by atoms with Gasteiger partial charge in [-0.25, -0.2) is 4.98 Å². The van der Waals surface area contributed by atoms with E-state index >= 15 is 0 Å². The number of hydrogen-bond acceptors (Lipinski definition) is 8. The van der Waals surface area contributed by atoms with Crippen LogP contribution in [0.5, 0.6) is 11.5 Å². The average Bonchev–Trinajstić information content (AvgIpc) is 3.51. The number of piperidine rings is 1. The molecule has 0 bridgehead atoms. The monoisotopic (exact) mass is 568 g/mol. The zero-order valence-electron chi connectivity index (χ0n) is 23.6. The Morgan fingerprint density at radius 3 is 2.27 bits per heavy atom. The van der Waals surface area contributed by atoms with Crippen molar-refractivity contribution in [2.75, 3.05) is 69.7 Å². The molecule has 5 rings (SSSR count). The minimum absolute atomic E-state index is 0.0925. The van der Waals surface area contributed by atoms with Crippen molar-refractivity contribution >= 4 is 22.7 Å². The summed E-state index contributed by atoms with van der Waals surface area (Å²) in [4.78, 5) is 14.6. The van der Waals surface area contributed by atoms with Gasteiger partial charge in [-0.05, 0) is 65.1 Å². The van der Waals surface area contributed by atoms with Gasteiger partial charge in [-0.15, -0.1) is 0 Å². The zero-order valence-corrected chi connectivity index (χ0v) is 23.6. The number of alkyl halides is 4. The number of aromatic nitrogens is 2. The Balaban J connectivity index is 1.42. The lowest BCUT2D eigenvalue weighted by atomic mass is 10.0. The first-order valence-electron chi connectivity index (χ1n) is 14.3. The molecule has 0 unspecified atom stereocenters. The van der Waals surface area contributed by atoms with E-state index in [0.29, 0.717) is 40.9 Å². The van der Waals surface area contributed by atoms with Gasteiger partial charge in [0.1, 0.15) is 5.82 Å². The number of anilines is 2. The molecule has 0 radical (unpaired) electrons. The zero-order chi connectivity index (χ0) is 28.5. The Labute approximate surface area is 233 Å². The second-order valence-corrected chi connectivity index (χ2v) is 11.5. The normalized spacial score (nSPS) is 21.9. The third kappa shape index (κ3) is 6.17. The summed E-state index contributed by atoms with van der Waals surface area (Å²) in [6.45, 7) is 7.50. The summed E-state index contributed by atoms with van der Waals surface area (Å²) in [5.74, 6) is -7.09. The van der Waals surface area contributed by atoms with E-state index in [0.717, 1.165) is 56.9 Å². The number of nitrogens with one attached hydrogen (secondary N) is 1. The van der Waals surface area contributed by atoms with Crippen LogP contribution in [0.2, 0.25) is 0 Å². The second-order valence-electron chi connectivity index (χ2n) is 11.5. The van der Waals surface area contributed by atoms with Crippen molar-refractivity contribution in [3.05, 3.63) is 12.1 Å². The molecule has 0 saturated carbocycles. The molecule has 8 nitrogen and oxygen atoms in total. The molecule has 0 spiro atoms. The molecule has 0 atom stereocenters. The Morgan fingerprint density at radius 1 is 0.975 bits per heavy atom. The van der Waals surface area contributed by atoms with Crippen LogP contribution in [0.1, 0.15) is 46.0 Å². The molecule has 3 aliphatic rings. The maximum absolute atomic E-state index is 14.1. The van der Waals surface area contributed by atoms with Gasteiger partial charge in [0.25, 0.3) is 0 Å². The van der Waals surface area contributed by atoms with Crippen LogP contribution >= 0.6 is 0 Å². The summed E-state index contributed by atoms with van der Waals surface area (Å²) in [6.07, 6.45) is 5.03. The average molecular weight is 569 g/mol. The van der Waals surface area contributed by atoms with E-state index in [9.17, 15) is 17.6 Å². The Bertz CT molecular complexity index is 1150. The Hall–Kier alpha value is -2.60. The molecule has 40 heavy (non-hydrogen) atoms. The predicted octanol–water partition coefficient (Wildman–Crippen LogP) is 4.88. The van der Waals surface area contributed by atoms with Crippen molar-refractivity contribution in [3.63, 3.8) is 0 Å². The van der Waals surface area contributed by atoms with Crippen molar-refractivity contribution in [3.8, 4) is 11.5 Å². The summed E-state index contributed by atoms with van der Waals surface area (Å²) < 4.78 is 68.0. The fourth-order valence-corrected chi connectivity index (χ4v) is 5.79. The number of ether oxygens (including phenoxy) is 2. The lowest BCUT2D eigenvalue weighted by Gasteiger charge is -2.35. The lowest BCUT2D eigenvalue weighted by molar-refractivity contribution is -0.172.